The second-order valence-corrected chi connectivity index (χ2v) is 5.74. The highest BCUT2D eigenvalue weighted by molar-refractivity contribution is 6.37. The van der Waals surface area contributed by atoms with Crippen molar-refractivity contribution in [3.8, 4) is 0 Å². The first-order chi connectivity index (χ1) is 11.1. The molecule has 0 saturated heterocycles. The van der Waals surface area contributed by atoms with Crippen LogP contribution in [0.25, 0.3) is 0 Å². The van der Waals surface area contributed by atoms with Crippen molar-refractivity contribution in [1.29, 1.82) is 0 Å². The van der Waals surface area contributed by atoms with Crippen LogP contribution in [-0.4, -0.2) is 22.6 Å². The Morgan fingerprint density at radius 1 is 1.04 bits per heavy atom. The van der Waals surface area contributed by atoms with Crippen molar-refractivity contribution in [2.75, 3.05) is 0 Å². The minimum Gasteiger partial charge on any atom is -0.475 e. The van der Waals surface area contributed by atoms with E-state index < -0.39 is 24.0 Å². The van der Waals surface area contributed by atoms with Crippen LogP contribution in [0.3, 0.4) is 0 Å². The van der Waals surface area contributed by atoms with Crippen LogP contribution in [-0.2, 0) is 16.0 Å². The quantitative estimate of drug-likeness (QED) is 0.523. The van der Waals surface area contributed by atoms with E-state index in [9.17, 15) is 14.4 Å². The Kier molecular flexibility index (Phi) is 4.06. The van der Waals surface area contributed by atoms with E-state index >= 15 is 0 Å². The molecule has 0 heterocycles. The molecule has 1 aliphatic rings. The van der Waals surface area contributed by atoms with Crippen LogP contribution in [0.5, 0.6) is 0 Å². The minimum absolute atomic E-state index is 0.245. The fourth-order valence-electron chi connectivity index (χ4n) is 3.13. The number of carboxylic acid groups (broad SMARTS) is 1. The van der Waals surface area contributed by atoms with Gasteiger partial charge in [0.05, 0.1) is 6.42 Å². The Morgan fingerprint density at radius 3 is 2.48 bits per heavy atom. The van der Waals surface area contributed by atoms with Crippen LogP contribution in [0.15, 0.2) is 48.5 Å². The van der Waals surface area contributed by atoms with Crippen LogP contribution >= 0.6 is 0 Å². The Bertz CT molecular complexity index is 777. The summed E-state index contributed by atoms with van der Waals surface area (Å²) in [6, 6.07) is 15.5. The molecule has 0 radical (unpaired) electrons. The number of aliphatic carboxylic acids is 1. The molecule has 4 nitrogen and oxygen atoms in total. The first-order valence-electron chi connectivity index (χ1n) is 7.53. The van der Waals surface area contributed by atoms with Crippen molar-refractivity contribution in [3.63, 3.8) is 0 Å². The molecule has 0 fully saturated rings. The average Bonchev–Trinajstić information content (AvgIpc) is 2.98. The van der Waals surface area contributed by atoms with Gasteiger partial charge in [-0.25, -0.2) is 4.79 Å². The molecular weight excluding hydrogens is 292 g/mol. The van der Waals surface area contributed by atoms with Gasteiger partial charge in [0.2, 0.25) is 5.78 Å². The van der Waals surface area contributed by atoms with E-state index in [4.69, 9.17) is 5.11 Å². The number of ketones is 2. The van der Waals surface area contributed by atoms with Gasteiger partial charge in [0.1, 0.15) is 0 Å². The van der Waals surface area contributed by atoms with Gasteiger partial charge in [-0.15, -0.1) is 0 Å². The lowest BCUT2D eigenvalue weighted by atomic mass is 9.91. The van der Waals surface area contributed by atoms with Gasteiger partial charge in [0, 0.05) is 11.5 Å². The van der Waals surface area contributed by atoms with Crippen LogP contribution in [0.4, 0.5) is 0 Å². The maximum atomic E-state index is 12.1. The van der Waals surface area contributed by atoms with Gasteiger partial charge in [-0.05, 0) is 35.6 Å². The first-order valence-corrected chi connectivity index (χ1v) is 7.53. The Hall–Kier alpha value is -2.75. The summed E-state index contributed by atoms with van der Waals surface area (Å²) in [4.78, 5) is 33.9. The Labute approximate surface area is 133 Å². The standard InChI is InChI=1S/C19H16O4/c20-17(11-18(21)19(22)23)14-7-6-13-8-9-15(16(13)10-14)12-4-2-1-3-5-12/h1-7,10,15H,8-9,11H2,(H,22,23). The van der Waals surface area contributed by atoms with Gasteiger partial charge in [0.25, 0.3) is 0 Å². The molecule has 23 heavy (non-hydrogen) atoms. The SMILES string of the molecule is O=C(O)C(=O)CC(=O)c1ccc2c(c1)C(c1ccccc1)CC2. The average molecular weight is 308 g/mol. The minimum atomic E-state index is -1.57. The topological polar surface area (TPSA) is 71.4 Å². The van der Waals surface area contributed by atoms with E-state index in [0.29, 0.717) is 5.56 Å². The molecule has 0 aliphatic heterocycles. The number of carbonyl (C=O) groups excluding carboxylic acids is 2. The second kappa shape index (κ2) is 6.16. The normalized spacial score (nSPS) is 15.9. The van der Waals surface area contributed by atoms with Gasteiger partial charge >= 0.3 is 5.97 Å². The molecular formula is C19H16O4. The van der Waals surface area contributed by atoms with Gasteiger partial charge in [-0.3, -0.25) is 9.59 Å². The maximum absolute atomic E-state index is 12.1. The van der Waals surface area contributed by atoms with E-state index in [0.717, 1.165) is 18.4 Å². The molecule has 1 atom stereocenters. The number of rotatable bonds is 5. The molecule has 0 aromatic heterocycles. The van der Waals surface area contributed by atoms with Crippen LogP contribution in [0, 0.1) is 0 Å². The van der Waals surface area contributed by atoms with E-state index in [1.54, 1.807) is 6.07 Å². The number of benzene rings is 2. The summed E-state index contributed by atoms with van der Waals surface area (Å²) in [5.74, 6) is -2.84. The zero-order valence-corrected chi connectivity index (χ0v) is 12.5. The van der Waals surface area contributed by atoms with E-state index in [2.05, 4.69) is 12.1 Å². The predicted molar refractivity (Wildman–Crippen MR) is 84.6 cm³/mol. The van der Waals surface area contributed by atoms with Gasteiger partial charge in [0.15, 0.2) is 5.78 Å². The predicted octanol–water partition coefficient (Wildman–Crippen LogP) is 2.99. The highest BCUT2D eigenvalue weighted by atomic mass is 16.4. The number of carbonyl (C=O) groups is 3. The lowest BCUT2D eigenvalue weighted by Gasteiger charge is -2.13. The fraction of sp³-hybridized carbons (Fsp3) is 0.211. The maximum Gasteiger partial charge on any atom is 0.372 e. The molecule has 116 valence electrons. The summed E-state index contributed by atoms with van der Waals surface area (Å²) in [7, 11) is 0. The Morgan fingerprint density at radius 2 is 1.78 bits per heavy atom. The molecule has 0 bridgehead atoms. The molecule has 2 aromatic rings. The number of hydrogen-bond donors (Lipinski definition) is 1. The fourth-order valence-corrected chi connectivity index (χ4v) is 3.13. The number of Topliss-reactive ketones (excluding diaryl/α,β-unsaturated/α-hetero) is 2. The lowest BCUT2D eigenvalue weighted by molar-refractivity contribution is -0.148. The largest absolute Gasteiger partial charge is 0.475 e. The van der Waals surface area contributed by atoms with E-state index in [-0.39, 0.29) is 5.92 Å². The van der Waals surface area contributed by atoms with Gasteiger partial charge in [-0.2, -0.15) is 0 Å². The summed E-state index contributed by atoms with van der Waals surface area (Å²) < 4.78 is 0. The van der Waals surface area contributed by atoms with E-state index in [1.165, 1.54) is 11.1 Å². The molecule has 2 aromatic carbocycles. The number of hydrogen-bond acceptors (Lipinski definition) is 3. The third-order valence-electron chi connectivity index (χ3n) is 4.31. The second-order valence-electron chi connectivity index (χ2n) is 5.74. The zero-order valence-electron chi connectivity index (χ0n) is 12.5. The van der Waals surface area contributed by atoms with Crippen molar-refractivity contribution in [3.05, 3.63) is 70.8 Å². The molecule has 1 unspecified atom stereocenters. The summed E-state index contributed by atoms with van der Waals surface area (Å²) >= 11 is 0. The number of fused-ring (bicyclic) bond motifs is 1. The lowest BCUT2D eigenvalue weighted by Crippen LogP contribution is -2.17. The van der Waals surface area contributed by atoms with Crippen molar-refractivity contribution >= 4 is 17.5 Å². The van der Waals surface area contributed by atoms with Crippen LogP contribution < -0.4 is 0 Å². The van der Waals surface area contributed by atoms with Crippen molar-refractivity contribution in [1.82, 2.24) is 0 Å². The molecule has 1 aliphatic carbocycles. The summed E-state index contributed by atoms with van der Waals surface area (Å²) in [6.45, 7) is 0. The molecule has 3 rings (SSSR count). The highest BCUT2D eigenvalue weighted by Crippen LogP contribution is 2.38. The first kappa shape index (κ1) is 15.2. The van der Waals surface area contributed by atoms with Crippen LogP contribution in [0.2, 0.25) is 0 Å². The molecule has 0 saturated carbocycles. The third-order valence-corrected chi connectivity index (χ3v) is 4.31. The summed E-state index contributed by atoms with van der Waals surface area (Å²) in [5.41, 5.74) is 3.92. The smallest absolute Gasteiger partial charge is 0.372 e. The van der Waals surface area contributed by atoms with Crippen molar-refractivity contribution < 1.29 is 19.5 Å². The van der Waals surface area contributed by atoms with Crippen molar-refractivity contribution in [2.45, 2.75) is 25.2 Å². The summed E-state index contributed by atoms with van der Waals surface area (Å²) in [5, 5.41) is 8.62. The molecule has 0 spiro atoms. The van der Waals surface area contributed by atoms with E-state index in [1.807, 2.05) is 30.3 Å². The monoisotopic (exact) mass is 308 g/mol. The molecule has 0 amide bonds. The zero-order chi connectivity index (χ0) is 16.4. The Balaban J connectivity index is 1.88. The van der Waals surface area contributed by atoms with Gasteiger partial charge < -0.3 is 5.11 Å². The number of carboxylic acids is 1. The third kappa shape index (κ3) is 3.06. The highest BCUT2D eigenvalue weighted by Gasteiger charge is 2.25. The molecule has 4 heteroatoms. The van der Waals surface area contributed by atoms with Crippen LogP contribution in [0.1, 0.15) is 45.8 Å². The molecule has 1 N–H and O–H groups in total. The van der Waals surface area contributed by atoms with Gasteiger partial charge in [-0.1, -0.05) is 42.5 Å². The summed E-state index contributed by atoms with van der Waals surface area (Å²) in [6.07, 6.45) is 1.35. The number of aryl methyl sites for hydroxylation is 1. The van der Waals surface area contributed by atoms with Crippen molar-refractivity contribution in [2.24, 2.45) is 0 Å².